The van der Waals surface area contributed by atoms with Gasteiger partial charge in [-0.3, -0.25) is 0 Å². The van der Waals surface area contributed by atoms with Crippen LogP contribution in [0.3, 0.4) is 0 Å². The minimum atomic E-state index is -0.308. The number of nitriles is 1. The van der Waals surface area contributed by atoms with Crippen molar-refractivity contribution in [1.29, 1.82) is 5.26 Å². The Hall–Kier alpha value is -1.65. The van der Waals surface area contributed by atoms with Crippen LogP contribution in [0.4, 0.5) is 15.2 Å². The molecule has 0 radical (unpaired) electrons. The summed E-state index contributed by atoms with van der Waals surface area (Å²) >= 11 is 2.68. The summed E-state index contributed by atoms with van der Waals surface area (Å²) in [6.07, 6.45) is 0. The number of rotatable bonds is 4. The van der Waals surface area contributed by atoms with Crippen molar-refractivity contribution in [2.45, 2.75) is 16.5 Å². The predicted molar refractivity (Wildman–Crippen MR) is 70.5 cm³/mol. The Morgan fingerprint density at radius 3 is 3.06 bits per heavy atom. The first kappa shape index (κ1) is 12.8. The van der Waals surface area contributed by atoms with Crippen LogP contribution in [0.5, 0.6) is 0 Å². The number of hydrogen-bond donors (Lipinski definition) is 1. The summed E-state index contributed by atoms with van der Waals surface area (Å²) < 4.78 is 13.7. The molecule has 0 unspecified atom stereocenters. The molecule has 0 aliphatic heterocycles. The quantitative estimate of drug-likeness (QED) is 0.869. The van der Waals surface area contributed by atoms with Crippen LogP contribution in [0, 0.1) is 17.1 Å². The molecule has 2 aromatic rings. The zero-order valence-electron chi connectivity index (χ0n) is 9.42. The Morgan fingerprint density at radius 1 is 1.50 bits per heavy atom. The first-order valence-electron chi connectivity index (χ1n) is 5.10. The summed E-state index contributed by atoms with van der Waals surface area (Å²) in [4.78, 5) is 0. The fourth-order valence-electron chi connectivity index (χ4n) is 1.18. The lowest BCUT2D eigenvalue weighted by molar-refractivity contribution is 0.628. The van der Waals surface area contributed by atoms with E-state index < -0.39 is 0 Å². The largest absolute Gasteiger partial charge is 0.330 e. The Balaban J connectivity index is 2.05. The molecule has 1 atom stereocenters. The fourth-order valence-corrected chi connectivity index (χ4v) is 2.98. The molecule has 0 amide bonds. The van der Waals surface area contributed by atoms with Crippen molar-refractivity contribution in [3.8, 4) is 6.07 Å². The first-order chi connectivity index (χ1) is 8.67. The highest BCUT2D eigenvalue weighted by atomic mass is 32.2. The Kier molecular flexibility index (Phi) is 4.12. The van der Waals surface area contributed by atoms with Crippen molar-refractivity contribution >= 4 is 33.9 Å². The van der Waals surface area contributed by atoms with Crippen LogP contribution < -0.4 is 5.32 Å². The number of hydrogen-bond acceptors (Lipinski definition) is 6. The molecule has 0 saturated heterocycles. The number of halogens is 1. The molecule has 0 fully saturated rings. The molecule has 0 aliphatic carbocycles. The van der Waals surface area contributed by atoms with Crippen molar-refractivity contribution in [1.82, 2.24) is 10.2 Å². The van der Waals surface area contributed by atoms with Crippen LogP contribution in [0.1, 0.15) is 6.92 Å². The van der Waals surface area contributed by atoms with Gasteiger partial charge in [0.15, 0.2) is 4.34 Å². The monoisotopic (exact) mass is 280 g/mol. The van der Waals surface area contributed by atoms with E-state index in [1.807, 2.05) is 0 Å². The maximum Gasteiger partial charge on any atom is 0.210 e. The zero-order valence-corrected chi connectivity index (χ0v) is 11.1. The number of benzene rings is 1. The molecular formula is C11H9FN4S2. The van der Waals surface area contributed by atoms with E-state index in [2.05, 4.69) is 21.6 Å². The average molecular weight is 280 g/mol. The second-order valence-corrected chi connectivity index (χ2v) is 5.96. The summed E-state index contributed by atoms with van der Waals surface area (Å²) in [6.45, 7) is 1.80. The minimum absolute atomic E-state index is 0.167. The molecule has 1 heterocycles. The van der Waals surface area contributed by atoms with Crippen molar-refractivity contribution in [3.05, 3.63) is 30.1 Å². The lowest BCUT2D eigenvalue weighted by atomic mass is 10.3. The Bertz CT molecular complexity index is 578. The van der Waals surface area contributed by atoms with Gasteiger partial charge in [0.1, 0.15) is 5.82 Å². The van der Waals surface area contributed by atoms with E-state index in [-0.39, 0.29) is 11.1 Å². The van der Waals surface area contributed by atoms with Gasteiger partial charge < -0.3 is 5.32 Å². The molecule has 0 saturated carbocycles. The van der Waals surface area contributed by atoms with E-state index >= 15 is 0 Å². The number of nitrogens with zero attached hydrogens (tertiary/aromatic N) is 3. The van der Waals surface area contributed by atoms with E-state index in [0.29, 0.717) is 15.2 Å². The highest BCUT2D eigenvalue weighted by Gasteiger charge is 2.09. The summed E-state index contributed by atoms with van der Waals surface area (Å²) in [5.74, 6) is -0.308. The van der Waals surface area contributed by atoms with Crippen molar-refractivity contribution < 1.29 is 4.39 Å². The highest BCUT2D eigenvalue weighted by Crippen LogP contribution is 2.30. The molecule has 1 aromatic carbocycles. The summed E-state index contributed by atoms with van der Waals surface area (Å²) in [6, 6.07) is 8.23. The molecule has 92 valence electrons. The third kappa shape index (κ3) is 3.42. The number of aromatic nitrogens is 2. The third-order valence-corrected chi connectivity index (χ3v) is 3.86. The van der Waals surface area contributed by atoms with Gasteiger partial charge in [0, 0.05) is 5.69 Å². The van der Waals surface area contributed by atoms with Gasteiger partial charge in [0.2, 0.25) is 5.13 Å². The standard InChI is InChI=1S/C11H9FN4S2/c1-7(6-13)17-11-16-15-10(18-11)14-9-4-2-3-8(12)5-9/h2-5,7H,1H3,(H,14,15)/t7-/m1/s1. The molecule has 0 bridgehead atoms. The lowest BCUT2D eigenvalue weighted by Gasteiger charge is -2.00. The third-order valence-electron chi connectivity index (χ3n) is 1.94. The second kappa shape index (κ2) is 5.80. The SMILES string of the molecule is C[C@H](C#N)Sc1nnc(Nc2cccc(F)c2)s1. The van der Waals surface area contributed by atoms with Crippen molar-refractivity contribution in [3.63, 3.8) is 0 Å². The second-order valence-electron chi connectivity index (χ2n) is 3.40. The van der Waals surface area contributed by atoms with Crippen LogP contribution in [-0.2, 0) is 0 Å². The van der Waals surface area contributed by atoms with Gasteiger partial charge in [0.05, 0.1) is 11.3 Å². The Labute approximate surface area is 112 Å². The molecule has 2 rings (SSSR count). The topological polar surface area (TPSA) is 61.6 Å². The predicted octanol–water partition coefficient (Wildman–Crippen LogP) is 3.42. The summed E-state index contributed by atoms with van der Waals surface area (Å²) in [5.41, 5.74) is 0.621. The van der Waals surface area contributed by atoms with Gasteiger partial charge in [-0.15, -0.1) is 10.2 Å². The molecule has 0 aliphatic rings. The van der Waals surface area contributed by atoms with Crippen LogP contribution in [0.15, 0.2) is 28.6 Å². The van der Waals surface area contributed by atoms with Crippen molar-refractivity contribution in [2.24, 2.45) is 0 Å². The van der Waals surface area contributed by atoms with Crippen LogP contribution in [-0.4, -0.2) is 15.4 Å². The number of anilines is 2. The van der Waals surface area contributed by atoms with E-state index in [1.165, 1.54) is 35.2 Å². The molecule has 18 heavy (non-hydrogen) atoms. The maximum absolute atomic E-state index is 13.0. The van der Waals surface area contributed by atoms with E-state index in [4.69, 9.17) is 5.26 Å². The molecule has 1 aromatic heterocycles. The fraction of sp³-hybridized carbons (Fsp3) is 0.182. The van der Waals surface area contributed by atoms with Gasteiger partial charge in [-0.1, -0.05) is 29.2 Å². The van der Waals surface area contributed by atoms with Crippen LogP contribution in [0.2, 0.25) is 0 Å². The molecule has 1 N–H and O–H groups in total. The van der Waals surface area contributed by atoms with Gasteiger partial charge in [0.25, 0.3) is 0 Å². The molecule has 0 spiro atoms. The lowest BCUT2D eigenvalue weighted by Crippen LogP contribution is -1.89. The molecule has 4 nitrogen and oxygen atoms in total. The van der Waals surface area contributed by atoms with Crippen molar-refractivity contribution in [2.75, 3.05) is 5.32 Å². The highest BCUT2D eigenvalue weighted by molar-refractivity contribution is 8.01. The normalized spacial score (nSPS) is 11.8. The molecule has 7 heteroatoms. The molecular weight excluding hydrogens is 271 g/mol. The van der Waals surface area contributed by atoms with E-state index in [0.717, 1.165) is 0 Å². The summed E-state index contributed by atoms with van der Waals surface area (Å²) in [7, 11) is 0. The number of nitrogens with one attached hydrogen (secondary N) is 1. The van der Waals surface area contributed by atoms with Gasteiger partial charge in [-0.25, -0.2) is 4.39 Å². The van der Waals surface area contributed by atoms with Crippen LogP contribution in [0.25, 0.3) is 0 Å². The summed E-state index contributed by atoms with van der Waals surface area (Å²) in [5, 5.41) is 20.0. The van der Waals surface area contributed by atoms with Gasteiger partial charge in [-0.05, 0) is 25.1 Å². The first-order valence-corrected chi connectivity index (χ1v) is 6.79. The maximum atomic E-state index is 13.0. The van der Waals surface area contributed by atoms with Gasteiger partial charge in [-0.2, -0.15) is 5.26 Å². The Morgan fingerprint density at radius 2 is 2.33 bits per heavy atom. The number of thioether (sulfide) groups is 1. The average Bonchev–Trinajstić information content (AvgIpc) is 2.76. The zero-order chi connectivity index (χ0) is 13.0. The van der Waals surface area contributed by atoms with Gasteiger partial charge >= 0.3 is 0 Å². The smallest absolute Gasteiger partial charge is 0.210 e. The van der Waals surface area contributed by atoms with E-state index in [9.17, 15) is 4.39 Å². The van der Waals surface area contributed by atoms with Crippen LogP contribution >= 0.6 is 23.1 Å². The van der Waals surface area contributed by atoms with E-state index in [1.54, 1.807) is 19.1 Å². The minimum Gasteiger partial charge on any atom is -0.330 e.